The molecule has 0 aliphatic carbocycles. The number of hydrogen-bond donors (Lipinski definition) is 2. The second-order valence-corrected chi connectivity index (χ2v) is 3.30. The van der Waals surface area contributed by atoms with E-state index in [1.54, 1.807) is 0 Å². The van der Waals surface area contributed by atoms with Crippen LogP contribution in [0.3, 0.4) is 0 Å². The van der Waals surface area contributed by atoms with Gasteiger partial charge in [-0.05, 0) is 12.3 Å². The Kier molecular flexibility index (Phi) is 4.97. The Balaban J connectivity index is 1.97. The molecule has 1 unspecified atom stereocenters. The lowest BCUT2D eigenvalue weighted by Gasteiger charge is -2.08. The molecule has 0 saturated carbocycles. The fourth-order valence-corrected chi connectivity index (χ4v) is 1.33. The van der Waals surface area contributed by atoms with Crippen LogP contribution in [0.2, 0.25) is 0 Å². The van der Waals surface area contributed by atoms with Crippen molar-refractivity contribution in [2.24, 2.45) is 5.92 Å². The van der Waals surface area contributed by atoms with Crippen molar-refractivity contribution >= 4 is 5.91 Å². The van der Waals surface area contributed by atoms with E-state index < -0.39 is 0 Å². The molecule has 0 aromatic rings. The normalized spacial score (nSPS) is 20.4. The molecule has 1 amide bonds. The van der Waals surface area contributed by atoms with Gasteiger partial charge in [0.05, 0.1) is 19.2 Å². The lowest BCUT2D eigenvalue weighted by Crippen LogP contribution is -2.36. The summed E-state index contributed by atoms with van der Waals surface area (Å²) in [6.45, 7) is 2.77. The minimum Gasteiger partial charge on any atom is -0.381 e. The average molecular weight is 197 g/mol. The summed E-state index contributed by atoms with van der Waals surface area (Å²) >= 11 is 0. The standard InChI is InChI=1S/C9H15N3O2/c10-2-3-12-9(13)6-11-5-8-1-4-14-7-8/h8,11H,1,3-7H2,(H,12,13). The van der Waals surface area contributed by atoms with E-state index in [0.717, 1.165) is 26.2 Å². The van der Waals surface area contributed by atoms with E-state index in [1.165, 1.54) is 0 Å². The maximum atomic E-state index is 11.0. The van der Waals surface area contributed by atoms with Crippen LogP contribution in [0.15, 0.2) is 0 Å². The molecule has 1 aliphatic heterocycles. The van der Waals surface area contributed by atoms with Crippen LogP contribution in [0.4, 0.5) is 0 Å². The third-order valence-corrected chi connectivity index (χ3v) is 2.11. The van der Waals surface area contributed by atoms with Crippen molar-refractivity contribution in [3.8, 4) is 6.07 Å². The van der Waals surface area contributed by atoms with Crippen LogP contribution in [-0.2, 0) is 9.53 Å². The molecular weight excluding hydrogens is 182 g/mol. The number of carbonyl (C=O) groups excluding carboxylic acids is 1. The zero-order valence-corrected chi connectivity index (χ0v) is 8.08. The Labute approximate surface area is 83.4 Å². The molecule has 1 aliphatic rings. The molecule has 0 spiro atoms. The first-order chi connectivity index (χ1) is 6.83. The number of carbonyl (C=O) groups is 1. The van der Waals surface area contributed by atoms with Gasteiger partial charge in [0.2, 0.25) is 5.91 Å². The molecule has 0 bridgehead atoms. The summed E-state index contributed by atoms with van der Waals surface area (Å²) in [5.41, 5.74) is 0. The smallest absolute Gasteiger partial charge is 0.234 e. The highest BCUT2D eigenvalue weighted by molar-refractivity contribution is 5.78. The second-order valence-electron chi connectivity index (χ2n) is 3.30. The number of ether oxygens (including phenoxy) is 1. The first kappa shape index (κ1) is 11.0. The lowest BCUT2D eigenvalue weighted by atomic mass is 10.1. The lowest BCUT2D eigenvalue weighted by molar-refractivity contribution is -0.120. The van der Waals surface area contributed by atoms with E-state index in [9.17, 15) is 4.79 Å². The molecule has 0 aromatic carbocycles. The van der Waals surface area contributed by atoms with Crippen molar-refractivity contribution in [2.75, 3.05) is 32.8 Å². The van der Waals surface area contributed by atoms with Crippen LogP contribution < -0.4 is 10.6 Å². The highest BCUT2D eigenvalue weighted by Crippen LogP contribution is 2.10. The minimum absolute atomic E-state index is 0.0764. The van der Waals surface area contributed by atoms with E-state index in [2.05, 4.69) is 10.6 Å². The van der Waals surface area contributed by atoms with Crippen molar-refractivity contribution in [2.45, 2.75) is 6.42 Å². The molecule has 1 atom stereocenters. The average Bonchev–Trinajstić information content (AvgIpc) is 2.67. The van der Waals surface area contributed by atoms with E-state index in [1.807, 2.05) is 6.07 Å². The Bertz CT molecular complexity index is 219. The van der Waals surface area contributed by atoms with Gasteiger partial charge in [0.25, 0.3) is 0 Å². The van der Waals surface area contributed by atoms with Crippen molar-refractivity contribution in [1.82, 2.24) is 10.6 Å². The van der Waals surface area contributed by atoms with Gasteiger partial charge >= 0.3 is 0 Å². The Morgan fingerprint density at radius 1 is 1.64 bits per heavy atom. The van der Waals surface area contributed by atoms with Gasteiger partial charge in [-0.2, -0.15) is 5.26 Å². The number of hydrogen-bond acceptors (Lipinski definition) is 4. The van der Waals surface area contributed by atoms with Crippen LogP contribution in [0.25, 0.3) is 0 Å². The quantitative estimate of drug-likeness (QED) is 0.569. The first-order valence-corrected chi connectivity index (χ1v) is 4.75. The molecule has 14 heavy (non-hydrogen) atoms. The van der Waals surface area contributed by atoms with Crippen molar-refractivity contribution in [3.05, 3.63) is 0 Å². The number of rotatable bonds is 5. The molecule has 2 N–H and O–H groups in total. The fraction of sp³-hybridized carbons (Fsp3) is 0.778. The summed E-state index contributed by atoms with van der Waals surface area (Å²) < 4.78 is 5.20. The summed E-state index contributed by atoms with van der Waals surface area (Å²) in [5.74, 6) is 0.393. The highest BCUT2D eigenvalue weighted by Gasteiger charge is 2.14. The summed E-state index contributed by atoms with van der Waals surface area (Å²) in [4.78, 5) is 11.0. The van der Waals surface area contributed by atoms with E-state index in [-0.39, 0.29) is 19.0 Å². The molecule has 78 valence electrons. The van der Waals surface area contributed by atoms with Gasteiger partial charge in [-0.3, -0.25) is 4.79 Å². The third kappa shape index (κ3) is 4.21. The van der Waals surface area contributed by atoms with Crippen molar-refractivity contribution in [1.29, 1.82) is 5.26 Å². The summed E-state index contributed by atoms with van der Waals surface area (Å²) in [7, 11) is 0. The summed E-state index contributed by atoms with van der Waals surface area (Å²) in [6.07, 6.45) is 1.06. The number of nitriles is 1. The molecular formula is C9H15N3O2. The van der Waals surface area contributed by atoms with Crippen LogP contribution >= 0.6 is 0 Å². The molecule has 1 rings (SSSR count). The number of nitrogens with one attached hydrogen (secondary N) is 2. The van der Waals surface area contributed by atoms with E-state index in [4.69, 9.17) is 10.00 Å². The van der Waals surface area contributed by atoms with Crippen LogP contribution in [0, 0.1) is 17.2 Å². The topological polar surface area (TPSA) is 74.2 Å². The van der Waals surface area contributed by atoms with Gasteiger partial charge in [-0.25, -0.2) is 0 Å². The highest BCUT2D eigenvalue weighted by atomic mass is 16.5. The molecule has 1 fully saturated rings. The SMILES string of the molecule is N#CCNC(=O)CNCC1CCOC1. The molecule has 1 heterocycles. The maximum absolute atomic E-state index is 11.0. The Morgan fingerprint density at radius 3 is 3.14 bits per heavy atom. The molecule has 5 heteroatoms. The van der Waals surface area contributed by atoms with Crippen LogP contribution in [-0.4, -0.2) is 38.8 Å². The van der Waals surface area contributed by atoms with E-state index in [0.29, 0.717) is 5.92 Å². The largest absolute Gasteiger partial charge is 0.381 e. The monoisotopic (exact) mass is 197 g/mol. The zero-order valence-electron chi connectivity index (χ0n) is 8.08. The van der Waals surface area contributed by atoms with Crippen molar-refractivity contribution < 1.29 is 9.53 Å². The molecule has 0 aromatic heterocycles. The Morgan fingerprint density at radius 2 is 2.50 bits per heavy atom. The van der Waals surface area contributed by atoms with Crippen LogP contribution in [0.5, 0.6) is 0 Å². The van der Waals surface area contributed by atoms with Gasteiger partial charge in [-0.1, -0.05) is 0 Å². The second kappa shape index (κ2) is 6.35. The summed E-state index contributed by atoms with van der Waals surface area (Å²) in [6, 6.07) is 1.85. The van der Waals surface area contributed by atoms with Crippen molar-refractivity contribution in [3.63, 3.8) is 0 Å². The molecule has 0 radical (unpaired) electrons. The van der Waals surface area contributed by atoms with E-state index >= 15 is 0 Å². The third-order valence-electron chi connectivity index (χ3n) is 2.11. The van der Waals surface area contributed by atoms with Gasteiger partial charge < -0.3 is 15.4 Å². The first-order valence-electron chi connectivity index (χ1n) is 4.75. The number of nitrogens with zero attached hydrogens (tertiary/aromatic N) is 1. The predicted molar refractivity (Wildman–Crippen MR) is 50.4 cm³/mol. The fourth-order valence-electron chi connectivity index (χ4n) is 1.33. The maximum Gasteiger partial charge on any atom is 0.234 e. The predicted octanol–water partition coefficient (Wildman–Crippen LogP) is -0.748. The van der Waals surface area contributed by atoms with Crippen LogP contribution in [0.1, 0.15) is 6.42 Å². The molecule has 1 saturated heterocycles. The van der Waals surface area contributed by atoms with Gasteiger partial charge in [0, 0.05) is 13.2 Å². The van der Waals surface area contributed by atoms with Gasteiger partial charge in [0.15, 0.2) is 0 Å². The van der Waals surface area contributed by atoms with Gasteiger partial charge in [0.1, 0.15) is 6.54 Å². The van der Waals surface area contributed by atoms with Gasteiger partial charge in [-0.15, -0.1) is 0 Å². The summed E-state index contributed by atoms with van der Waals surface area (Å²) in [5, 5.41) is 13.7. The molecule has 5 nitrogen and oxygen atoms in total. The number of amides is 1. The minimum atomic E-state index is -0.134. The Hall–Kier alpha value is -1.12. The zero-order chi connectivity index (χ0) is 10.2.